The van der Waals surface area contributed by atoms with E-state index in [0.717, 1.165) is 6.42 Å². The van der Waals surface area contributed by atoms with Crippen LogP contribution in [0.15, 0.2) is 12.2 Å². The molecule has 15 heavy (non-hydrogen) atoms. The third-order valence-electron chi connectivity index (χ3n) is 2.09. The first-order valence-corrected chi connectivity index (χ1v) is 5.79. The molecule has 0 saturated heterocycles. The van der Waals surface area contributed by atoms with Crippen molar-refractivity contribution >= 4 is 5.78 Å². The third kappa shape index (κ3) is 9.67. The summed E-state index contributed by atoms with van der Waals surface area (Å²) < 4.78 is 0. The number of rotatable bonds is 7. The van der Waals surface area contributed by atoms with E-state index in [0.29, 0.717) is 18.3 Å². The van der Waals surface area contributed by atoms with Crippen molar-refractivity contribution in [3.05, 3.63) is 12.2 Å². The smallest absolute Gasteiger partial charge is 0.157 e. The van der Waals surface area contributed by atoms with Gasteiger partial charge in [-0.3, -0.25) is 4.79 Å². The number of aliphatic hydroxyl groups excluding tert-OH is 1. The molecular weight excluding hydrogens is 188 g/mol. The van der Waals surface area contributed by atoms with Crippen molar-refractivity contribution in [1.82, 2.24) is 0 Å². The van der Waals surface area contributed by atoms with E-state index in [2.05, 4.69) is 13.8 Å². The molecule has 0 saturated carbocycles. The van der Waals surface area contributed by atoms with Gasteiger partial charge in [0.15, 0.2) is 5.78 Å². The van der Waals surface area contributed by atoms with Gasteiger partial charge in [-0.05, 0) is 30.8 Å². The van der Waals surface area contributed by atoms with Crippen LogP contribution in [0.3, 0.4) is 0 Å². The molecule has 0 bridgehead atoms. The zero-order valence-electron chi connectivity index (χ0n) is 10.4. The lowest BCUT2D eigenvalue weighted by Crippen LogP contribution is -2.14. The van der Waals surface area contributed by atoms with Gasteiger partial charge in [0.2, 0.25) is 0 Å². The Bertz CT molecular complexity index is 205. The van der Waals surface area contributed by atoms with Crippen LogP contribution in [-0.4, -0.2) is 17.0 Å². The second kappa shape index (κ2) is 7.63. The Morgan fingerprint density at radius 1 is 1.20 bits per heavy atom. The molecule has 1 N–H and O–H groups in total. The largest absolute Gasteiger partial charge is 0.393 e. The zero-order valence-corrected chi connectivity index (χ0v) is 10.4. The van der Waals surface area contributed by atoms with Crippen molar-refractivity contribution in [3.8, 4) is 0 Å². The van der Waals surface area contributed by atoms with Crippen LogP contribution in [0, 0.1) is 11.8 Å². The molecule has 2 heteroatoms. The molecule has 0 spiro atoms. The highest BCUT2D eigenvalue weighted by atomic mass is 16.3. The van der Waals surface area contributed by atoms with Crippen molar-refractivity contribution in [2.45, 2.75) is 53.1 Å². The van der Waals surface area contributed by atoms with Gasteiger partial charge in [-0.15, -0.1) is 0 Å². The fourth-order valence-corrected chi connectivity index (χ4v) is 1.40. The van der Waals surface area contributed by atoms with Crippen molar-refractivity contribution in [2.24, 2.45) is 11.8 Å². The molecule has 0 aromatic rings. The number of hydrogen-bond donors (Lipinski definition) is 1. The minimum Gasteiger partial charge on any atom is -0.393 e. The molecule has 1 unspecified atom stereocenters. The summed E-state index contributed by atoms with van der Waals surface area (Å²) in [5.74, 6) is 1.05. The quantitative estimate of drug-likeness (QED) is 0.659. The Kier molecular flexibility index (Phi) is 7.31. The summed E-state index contributed by atoms with van der Waals surface area (Å²) in [6.45, 7) is 8.31. The average molecular weight is 212 g/mol. The Balaban J connectivity index is 3.77. The van der Waals surface area contributed by atoms with E-state index in [1.165, 1.54) is 0 Å². The van der Waals surface area contributed by atoms with Gasteiger partial charge in [-0.25, -0.2) is 0 Å². The van der Waals surface area contributed by atoms with Gasteiger partial charge in [0.25, 0.3) is 0 Å². The lowest BCUT2D eigenvalue weighted by molar-refractivity contribution is -0.116. The molecule has 88 valence electrons. The maximum Gasteiger partial charge on any atom is 0.157 e. The second-order valence-electron chi connectivity index (χ2n) is 4.99. The Labute approximate surface area is 93.4 Å². The number of ketones is 1. The summed E-state index contributed by atoms with van der Waals surface area (Å²) in [4.78, 5) is 11.4. The predicted octanol–water partition coefficient (Wildman–Crippen LogP) is 2.95. The van der Waals surface area contributed by atoms with Gasteiger partial charge in [-0.1, -0.05) is 33.8 Å². The molecule has 0 aliphatic carbocycles. The molecular formula is C13H24O2. The summed E-state index contributed by atoms with van der Waals surface area (Å²) in [6.07, 6.45) is 4.89. The van der Waals surface area contributed by atoms with Crippen molar-refractivity contribution in [3.63, 3.8) is 0 Å². The minimum atomic E-state index is -0.485. The first-order valence-electron chi connectivity index (χ1n) is 5.79. The van der Waals surface area contributed by atoms with E-state index in [4.69, 9.17) is 0 Å². The molecule has 0 fully saturated rings. The fraction of sp³-hybridized carbons (Fsp3) is 0.769. The normalized spacial score (nSPS) is 14.1. The predicted molar refractivity (Wildman–Crippen MR) is 63.7 cm³/mol. The first kappa shape index (κ1) is 14.4. The van der Waals surface area contributed by atoms with Gasteiger partial charge in [0, 0.05) is 6.42 Å². The summed E-state index contributed by atoms with van der Waals surface area (Å²) in [5.41, 5.74) is 0. The van der Waals surface area contributed by atoms with E-state index in [-0.39, 0.29) is 12.2 Å². The number of carbonyl (C=O) groups is 1. The minimum absolute atomic E-state index is 0.0313. The monoisotopic (exact) mass is 212 g/mol. The molecule has 0 aliphatic rings. The summed E-state index contributed by atoms with van der Waals surface area (Å²) in [7, 11) is 0. The topological polar surface area (TPSA) is 37.3 Å². The molecule has 0 amide bonds. The average Bonchev–Trinajstić information content (AvgIpc) is 2.00. The molecule has 0 aromatic carbocycles. The van der Waals surface area contributed by atoms with Crippen LogP contribution in [-0.2, 0) is 4.79 Å². The Hall–Kier alpha value is -0.630. The first-order chi connectivity index (χ1) is 6.91. The van der Waals surface area contributed by atoms with E-state index in [1.54, 1.807) is 6.08 Å². The van der Waals surface area contributed by atoms with Crippen LogP contribution in [0.25, 0.3) is 0 Å². The van der Waals surface area contributed by atoms with Crippen LogP contribution in [0.5, 0.6) is 0 Å². The van der Waals surface area contributed by atoms with Gasteiger partial charge in [-0.2, -0.15) is 0 Å². The highest BCUT2D eigenvalue weighted by molar-refractivity contribution is 5.89. The second-order valence-corrected chi connectivity index (χ2v) is 4.99. The number of hydrogen-bond acceptors (Lipinski definition) is 2. The van der Waals surface area contributed by atoms with Crippen LogP contribution in [0.2, 0.25) is 0 Å². The molecule has 0 aromatic heterocycles. The van der Waals surface area contributed by atoms with E-state index in [1.807, 2.05) is 19.9 Å². The standard InChI is InChI=1S/C13H24O2/c1-10(2)6-5-7-12(14)9-13(15)8-11(3)4/h5,7,10-11,13,15H,6,8-9H2,1-4H3/b7-5+. The number of aliphatic hydroxyl groups is 1. The lowest BCUT2D eigenvalue weighted by Gasteiger charge is -2.10. The van der Waals surface area contributed by atoms with Crippen molar-refractivity contribution in [1.29, 1.82) is 0 Å². The van der Waals surface area contributed by atoms with Crippen molar-refractivity contribution in [2.75, 3.05) is 0 Å². The number of carbonyl (C=O) groups excluding carboxylic acids is 1. The third-order valence-corrected chi connectivity index (χ3v) is 2.09. The maximum absolute atomic E-state index is 11.4. The fourth-order valence-electron chi connectivity index (χ4n) is 1.40. The van der Waals surface area contributed by atoms with Crippen LogP contribution >= 0.6 is 0 Å². The Morgan fingerprint density at radius 3 is 2.27 bits per heavy atom. The van der Waals surface area contributed by atoms with Gasteiger partial charge < -0.3 is 5.11 Å². The summed E-state index contributed by atoms with van der Waals surface area (Å²) in [5, 5.41) is 9.54. The van der Waals surface area contributed by atoms with Crippen LogP contribution in [0.1, 0.15) is 47.0 Å². The maximum atomic E-state index is 11.4. The highest BCUT2D eigenvalue weighted by Crippen LogP contribution is 2.08. The molecule has 0 heterocycles. The van der Waals surface area contributed by atoms with Crippen LogP contribution in [0.4, 0.5) is 0 Å². The summed E-state index contributed by atoms with van der Waals surface area (Å²) in [6, 6.07) is 0. The lowest BCUT2D eigenvalue weighted by atomic mass is 10.0. The van der Waals surface area contributed by atoms with Gasteiger partial charge in [0.05, 0.1) is 6.10 Å². The molecule has 2 nitrogen and oxygen atoms in total. The highest BCUT2D eigenvalue weighted by Gasteiger charge is 2.10. The van der Waals surface area contributed by atoms with Crippen molar-refractivity contribution < 1.29 is 9.90 Å². The van der Waals surface area contributed by atoms with Crippen LogP contribution < -0.4 is 0 Å². The van der Waals surface area contributed by atoms with E-state index >= 15 is 0 Å². The number of allylic oxidation sites excluding steroid dienone is 2. The van der Waals surface area contributed by atoms with E-state index in [9.17, 15) is 9.90 Å². The van der Waals surface area contributed by atoms with Gasteiger partial charge >= 0.3 is 0 Å². The SMILES string of the molecule is CC(C)C/C=C/C(=O)CC(O)CC(C)C. The Morgan fingerprint density at radius 2 is 1.80 bits per heavy atom. The zero-order chi connectivity index (χ0) is 11.8. The molecule has 0 rings (SSSR count). The molecule has 0 radical (unpaired) electrons. The molecule has 0 aliphatic heterocycles. The molecule has 1 atom stereocenters. The summed E-state index contributed by atoms with van der Waals surface area (Å²) >= 11 is 0. The van der Waals surface area contributed by atoms with E-state index < -0.39 is 6.10 Å². The van der Waals surface area contributed by atoms with Gasteiger partial charge in [0.1, 0.15) is 0 Å².